The van der Waals surface area contributed by atoms with Crippen LogP contribution in [0.2, 0.25) is 0 Å². The van der Waals surface area contributed by atoms with Crippen LogP contribution in [0.3, 0.4) is 0 Å². The van der Waals surface area contributed by atoms with Crippen molar-refractivity contribution in [2.24, 2.45) is 0 Å². The van der Waals surface area contributed by atoms with E-state index in [0.29, 0.717) is 19.8 Å². The third kappa shape index (κ3) is 7.05. The monoisotopic (exact) mass is 295 g/mol. The van der Waals surface area contributed by atoms with Crippen molar-refractivity contribution in [1.29, 1.82) is 0 Å². The van der Waals surface area contributed by atoms with Gasteiger partial charge in [0.2, 0.25) is 0 Å². The third-order valence-electron chi connectivity index (χ3n) is 3.58. The van der Waals surface area contributed by atoms with E-state index < -0.39 is 0 Å². The highest BCUT2D eigenvalue weighted by Gasteiger charge is 2.10. The van der Waals surface area contributed by atoms with Crippen molar-refractivity contribution in [1.82, 2.24) is 5.32 Å². The number of hydrogen-bond acceptors (Lipinski definition) is 4. The number of hydrogen-bond donors (Lipinski definition) is 1. The Bertz CT molecular complexity index is 396. The second kappa shape index (κ2) is 10.7. The van der Waals surface area contributed by atoms with Crippen LogP contribution in [0.15, 0.2) is 18.2 Å². The molecule has 0 radical (unpaired) electrons. The minimum absolute atomic E-state index is 0.220. The summed E-state index contributed by atoms with van der Waals surface area (Å²) in [6.45, 7) is 7.65. The molecule has 0 aliphatic rings. The Morgan fingerprint density at radius 2 is 1.76 bits per heavy atom. The van der Waals surface area contributed by atoms with E-state index in [0.717, 1.165) is 19.6 Å². The molecule has 0 bridgehead atoms. The van der Waals surface area contributed by atoms with Gasteiger partial charge in [0, 0.05) is 20.3 Å². The van der Waals surface area contributed by atoms with E-state index >= 15 is 0 Å². The van der Waals surface area contributed by atoms with Crippen LogP contribution in [0.25, 0.3) is 0 Å². The van der Waals surface area contributed by atoms with Crippen LogP contribution in [0.1, 0.15) is 29.2 Å². The van der Waals surface area contributed by atoms with Gasteiger partial charge in [0.05, 0.1) is 25.9 Å². The molecule has 0 aromatic heterocycles. The van der Waals surface area contributed by atoms with Gasteiger partial charge in [-0.15, -0.1) is 0 Å². The number of rotatable bonds is 11. The number of nitrogens with one attached hydrogen (secondary N) is 1. The summed E-state index contributed by atoms with van der Waals surface area (Å²) in [5.41, 5.74) is 3.90. The van der Waals surface area contributed by atoms with Crippen molar-refractivity contribution in [2.75, 3.05) is 47.2 Å². The number of methoxy groups -OCH3 is 1. The Morgan fingerprint density at radius 1 is 1.00 bits per heavy atom. The van der Waals surface area contributed by atoms with Gasteiger partial charge in [-0.3, -0.25) is 0 Å². The van der Waals surface area contributed by atoms with Crippen LogP contribution in [0.4, 0.5) is 0 Å². The van der Waals surface area contributed by atoms with Crippen molar-refractivity contribution in [3.63, 3.8) is 0 Å². The molecule has 1 unspecified atom stereocenters. The summed E-state index contributed by atoms with van der Waals surface area (Å²) in [5, 5.41) is 3.30. The molecular weight excluding hydrogens is 266 g/mol. The maximum atomic E-state index is 5.70. The Morgan fingerprint density at radius 3 is 2.43 bits per heavy atom. The predicted molar refractivity (Wildman–Crippen MR) is 85.8 cm³/mol. The smallest absolute Gasteiger partial charge is 0.0701 e. The second-order valence-corrected chi connectivity index (χ2v) is 5.22. The second-order valence-electron chi connectivity index (χ2n) is 5.22. The molecule has 1 N–H and O–H groups in total. The molecule has 1 rings (SSSR count). The molecule has 1 aromatic carbocycles. The number of likely N-dealkylation sites (N-methyl/N-ethyl adjacent to an activating group) is 1. The zero-order chi connectivity index (χ0) is 15.5. The maximum absolute atomic E-state index is 5.70. The van der Waals surface area contributed by atoms with Crippen molar-refractivity contribution >= 4 is 0 Å². The van der Waals surface area contributed by atoms with E-state index in [9.17, 15) is 0 Å². The quantitative estimate of drug-likeness (QED) is 0.637. The summed E-state index contributed by atoms with van der Waals surface area (Å²) in [5.74, 6) is 0. The molecule has 21 heavy (non-hydrogen) atoms. The summed E-state index contributed by atoms with van der Waals surface area (Å²) < 4.78 is 16.1. The lowest BCUT2D eigenvalue weighted by Gasteiger charge is -2.18. The van der Waals surface area contributed by atoms with E-state index in [1.54, 1.807) is 7.11 Å². The van der Waals surface area contributed by atoms with Gasteiger partial charge < -0.3 is 19.5 Å². The number of aryl methyl sites for hydroxylation is 2. The largest absolute Gasteiger partial charge is 0.385 e. The van der Waals surface area contributed by atoms with Gasteiger partial charge in [-0.1, -0.05) is 18.2 Å². The molecule has 1 atom stereocenters. The molecule has 4 heteroatoms. The van der Waals surface area contributed by atoms with Gasteiger partial charge in [-0.2, -0.15) is 0 Å². The van der Waals surface area contributed by atoms with Gasteiger partial charge in [0.25, 0.3) is 0 Å². The molecule has 4 nitrogen and oxygen atoms in total. The Kier molecular flexibility index (Phi) is 9.26. The summed E-state index contributed by atoms with van der Waals surface area (Å²) in [6, 6.07) is 6.76. The molecular formula is C17H29NO3. The average Bonchev–Trinajstić information content (AvgIpc) is 2.49. The molecule has 0 saturated heterocycles. The van der Waals surface area contributed by atoms with Crippen molar-refractivity contribution in [2.45, 2.75) is 26.3 Å². The zero-order valence-electron chi connectivity index (χ0n) is 13.8. The summed E-state index contributed by atoms with van der Waals surface area (Å²) >= 11 is 0. The molecule has 0 aliphatic carbocycles. The van der Waals surface area contributed by atoms with Gasteiger partial charge >= 0.3 is 0 Å². The molecule has 0 heterocycles. The Hall–Kier alpha value is -0.940. The molecule has 0 saturated carbocycles. The Balaban J connectivity index is 2.23. The van der Waals surface area contributed by atoms with E-state index in [-0.39, 0.29) is 6.04 Å². The van der Waals surface area contributed by atoms with Crippen LogP contribution in [-0.2, 0) is 14.2 Å². The van der Waals surface area contributed by atoms with Crippen molar-refractivity contribution in [3.8, 4) is 0 Å². The average molecular weight is 295 g/mol. The first-order valence-electron chi connectivity index (χ1n) is 7.58. The van der Waals surface area contributed by atoms with E-state index in [4.69, 9.17) is 14.2 Å². The lowest BCUT2D eigenvalue weighted by atomic mass is 10.0. The van der Waals surface area contributed by atoms with Gasteiger partial charge in [0.1, 0.15) is 0 Å². The van der Waals surface area contributed by atoms with E-state index in [1.165, 1.54) is 16.7 Å². The van der Waals surface area contributed by atoms with Crippen LogP contribution < -0.4 is 5.32 Å². The Labute approximate surface area is 128 Å². The first kappa shape index (κ1) is 18.1. The zero-order valence-corrected chi connectivity index (χ0v) is 13.8. The number of ether oxygens (including phenoxy) is 3. The fraction of sp³-hybridized carbons (Fsp3) is 0.647. The minimum Gasteiger partial charge on any atom is -0.385 e. The SMILES string of the molecule is CNC(COCCOCCCOC)c1ccc(C)c(C)c1. The molecule has 1 aromatic rings. The standard InChI is InChI=1S/C17H29NO3/c1-14-6-7-16(12-15(14)2)17(18-3)13-21-11-10-20-9-5-8-19-4/h6-7,12,17-18H,5,8-11,13H2,1-4H3. The van der Waals surface area contributed by atoms with Crippen LogP contribution in [0, 0.1) is 13.8 Å². The predicted octanol–water partition coefficient (Wildman–Crippen LogP) is 2.63. The van der Waals surface area contributed by atoms with E-state index in [2.05, 4.69) is 37.4 Å². The summed E-state index contributed by atoms with van der Waals surface area (Å²) in [7, 11) is 3.66. The first-order chi connectivity index (χ1) is 10.2. The highest BCUT2D eigenvalue weighted by molar-refractivity contribution is 5.31. The topological polar surface area (TPSA) is 39.7 Å². The number of benzene rings is 1. The van der Waals surface area contributed by atoms with Crippen molar-refractivity contribution < 1.29 is 14.2 Å². The van der Waals surface area contributed by atoms with Crippen LogP contribution in [0.5, 0.6) is 0 Å². The molecule has 0 fully saturated rings. The molecule has 120 valence electrons. The lowest BCUT2D eigenvalue weighted by Crippen LogP contribution is -2.23. The highest BCUT2D eigenvalue weighted by Crippen LogP contribution is 2.17. The maximum Gasteiger partial charge on any atom is 0.0701 e. The first-order valence-corrected chi connectivity index (χ1v) is 7.58. The summed E-state index contributed by atoms with van der Waals surface area (Å²) in [4.78, 5) is 0. The van der Waals surface area contributed by atoms with Crippen LogP contribution >= 0.6 is 0 Å². The highest BCUT2D eigenvalue weighted by atomic mass is 16.5. The van der Waals surface area contributed by atoms with Gasteiger partial charge in [-0.25, -0.2) is 0 Å². The summed E-state index contributed by atoms with van der Waals surface area (Å²) in [6.07, 6.45) is 0.929. The molecule has 0 amide bonds. The van der Waals surface area contributed by atoms with Crippen molar-refractivity contribution in [3.05, 3.63) is 34.9 Å². The fourth-order valence-electron chi connectivity index (χ4n) is 2.05. The molecule has 0 aliphatic heterocycles. The fourth-order valence-corrected chi connectivity index (χ4v) is 2.05. The normalized spacial score (nSPS) is 12.6. The minimum atomic E-state index is 0.220. The third-order valence-corrected chi connectivity index (χ3v) is 3.58. The lowest BCUT2D eigenvalue weighted by molar-refractivity contribution is 0.0330. The van der Waals surface area contributed by atoms with E-state index in [1.807, 2.05) is 7.05 Å². The van der Waals surface area contributed by atoms with Gasteiger partial charge in [-0.05, 0) is 44.0 Å². The van der Waals surface area contributed by atoms with Gasteiger partial charge in [0.15, 0.2) is 0 Å². The van der Waals surface area contributed by atoms with Crippen LogP contribution in [-0.4, -0.2) is 47.2 Å². The molecule has 0 spiro atoms.